The van der Waals surface area contributed by atoms with Crippen molar-refractivity contribution >= 4 is 5.57 Å². The number of allylic oxidation sites excluding steroid dienone is 2. The first kappa shape index (κ1) is 9.02. The normalized spacial score (nSPS) is 17.0. The predicted octanol–water partition coefficient (Wildman–Crippen LogP) is 3.36. The molecule has 1 aromatic rings. The van der Waals surface area contributed by atoms with Gasteiger partial charge in [-0.3, -0.25) is 0 Å². The van der Waals surface area contributed by atoms with Gasteiger partial charge in [0.1, 0.15) is 5.75 Å². The SMILES string of the molecule is CCCC1=CCc2ccc3c(c21)CCO3. The molecule has 1 aliphatic heterocycles. The Labute approximate surface area is 90.8 Å². The van der Waals surface area contributed by atoms with Crippen LogP contribution >= 0.6 is 0 Å². The molecule has 0 saturated carbocycles. The molecule has 1 aromatic carbocycles. The van der Waals surface area contributed by atoms with Crippen LogP contribution in [0.1, 0.15) is 36.5 Å². The molecule has 0 radical (unpaired) electrons. The molecular formula is C14H16O. The maximum atomic E-state index is 5.62. The van der Waals surface area contributed by atoms with Gasteiger partial charge in [-0.15, -0.1) is 0 Å². The van der Waals surface area contributed by atoms with Crippen molar-refractivity contribution in [3.63, 3.8) is 0 Å². The van der Waals surface area contributed by atoms with Crippen molar-refractivity contribution in [2.24, 2.45) is 0 Å². The Morgan fingerprint density at radius 3 is 3.13 bits per heavy atom. The van der Waals surface area contributed by atoms with Crippen molar-refractivity contribution in [1.82, 2.24) is 0 Å². The summed E-state index contributed by atoms with van der Waals surface area (Å²) < 4.78 is 5.62. The minimum atomic E-state index is 0.866. The smallest absolute Gasteiger partial charge is 0.123 e. The van der Waals surface area contributed by atoms with E-state index in [-0.39, 0.29) is 0 Å². The molecule has 1 heteroatoms. The molecule has 1 aliphatic carbocycles. The van der Waals surface area contributed by atoms with E-state index >= 15 is 0 Å². The molecule has 0 aromatic heterocycles. The van der Waals surface area contributed by atoms with Crippen LogP contribution in [0.15, 0.2) is 18.2 Å². The lowest BCUT2D eigenvalue weighted by atomic mass is 9.95. The van der Waals surface area contributed by atoms with Crippen LogP contribution < -0.4 is 4.74 Å². The lowest BCUT2D eigenvalue weighted by molar-refractivity contribution is 0.357. The Bertz CT molecular complexity index is 429. The van der Waals surface area contributed by atoms with E-state index in [0.717, 1.165) is 25.2 Å². The first-order valence-corrected chi connectivity index (χ1v) is 5.87. The number of benzene rings is 1. The molecule has 15 heavy (non-hydrogen) atoms. The van der Waals surface area contributed by atoms with Crippen LogP contribution in [0.2, 0.25) is 0 Å². The Morgan fingerprint density at radius 2 is 2.27 bits per heavy atom. The fourth-order valence-corrected chi connectivity index (χ4v) is 2.73. The van der Waals surface area contributed by atoms with Gasteiger partial charge in [0, 0.05) is 12.0 Å². The zero-order valence-electron chi connectivity index (χ0n) is 9.18. The van der Waals surface area contributed by atoms with Crippen LogP contribution in [0.5, 0.6) is 5.75 Å². The van der Waals surface area contributed by atoms with Crippen LogP contribution in [0.4, 0.5) is 0 Å². The second-order valence-corrected chi connectivity index (χ2v) is 4.36. The van der Waals surface area contributed by atoms with E-state index in [1.165, 1.54) is 29.5 Å². The van der Waals surface area contributed by atoms with Crippen molar-refractivity contribution in [2.45, 2.75) is 32.6 Å². The van der Waals surface area contributed by atoms with Crippen LogP contribution in [0.3, 0.4) is 0 Å². The van der Waals surface area contributed by atoms with E-state index in [1.54, 1.807) is 5.57 Å². The molecule has 1 heterocycles. The minimum Gasteiger partial charge on any atom is -0.493 e. The summed E-state index contributed by atoms with van der Waals surface area (Å²) in [6, 6.07) is 4.38. The van der Waals surface area contributed by atoms with Crippen molar-refractivity contribution in [3.05, 3.63) is 34.9 Å². The topological polar surface area (TPSA) is 9.23 Å². The van der Waals surface area contributed by atoms with Gasteiger partial charge < -0.3 is 4.74 Å². The number of hydrogen-bond donors (Lipinski definition) is 0. The molecular weight excluding hydrogens is 184 g/mol. The number of fused-ring (bicyclic) bond motifs is 3. The Kier molecular flexibility index (Phi) is 2.05. The molecule has 0 saturated heterocycles. The highest BCUT2D eigenvalue weighted by Crippen LogP contribution is 2.40. The van der Waals surface area contributed by atoms with Crippen LogP contribution in [-0.4, -0.2) is 6.61 Å². The van der Waals surface area contributed by atoms with Gasteiger partial charge in [0.2, 0.25) is 0 Å². The van der Waals surface area contributed by atoms with E-state index < -0.39 is 0 Å². The summed E-state index contributed by atoms with van der Waals surface area (Å²) in [6.45, 7) is 3.11. The van der Waals surface area contributed by atoms with Crippen LogP contribution in [0, 0.1) is 0 Å². The van der Waals surface area contributed by atoms with E-state index in [4.69, 9.17) is 4.74 Å². The van der Waals surface area contributed by atoms with Gasteiger partial charge in [-0.25, -0.2) is 0 Å². The zero-order chi connectivity index (χ0) is 10.3. The van der Waals surface area contributed by atoms with Crippen LogP contribution in [0.25, 0.3) is 5.57 Å². The average Bonchev–Trinajstić information content (AvgIpc) is 2.83. The zero-order valence-corrected chi connectivity index (χ0v) is 9.18. The first-order chi connectivity index (χ1) is 7.40. The van der Waals surface area contributed by atoms with Crippen LogP contribution in [-0.2, 0) is 12.8 Å². The summed E-state index contributed by atoms with van der Waals surface area (Å²) in [7, 11) is 0. The third-order valence-electron chi connectivity index (χ3n) is 3.37. The molecule has 0 bridgehead atoms. The number of rotatable bonds is 2. The fourth-order valence-electron chi connectivity index (χ4n) is 2.73. The third kappa shape index (κ3) is 1.30. The van der Waals surface area contributed by atoms with Crippen molar-refractivity contribution in [1.29, 1.82) is 0 Å². The van der Waals surface area contributed by atoms with Crippen molar-refractivity contribution in [3.8, 4) is 5.75 Å². The van der Waals surface area contributed by atoms with E-state index in [2.05, 4.69) is 25.1 Å². The van der Waals surface area contributed by atoms with Gasteiger partial charge in [0.25, 0.3) is 0 Å². The molecule has 1 nitrogen and oxygen atoms in total. The summed E-state index contributed by atoms with van der Waals surface area (Å²) >= 11 is 0. The molecule has 2 aliphatic rings. The largest absolute Gasteiger partial charge is 0.493 e. The lowest BCUT2D eigenvalue weighted by Gasteiger charge is -2.09. The summed E-state index contributed by atoms with van der Waals surface area (Å²) in [5.74, 6) is 1.12. The highest BCUT2D eigenvalue weighted by molar-refractivity contribution is 5.77. The number of ether oxygens (including phenoxy) is 1. The first-order valence-electron chi connectivity index (χ1n) is 5.87. The second-order valence-electron chi connectivity index (χ2n) is 4.36. The Hall–Kier alpha value is -1.24. The molecule has 0 N–H and O–H groups in total. The molecule has 78 valence electrons. The van der Waals surface area contributed by atoms with Crippen molar-refractivity contribution in [2.75, 3.05) is 6.61 Å². The van der Waals surface area contributed by atoms with E-state index in [0.29, 0.717) is 0 Å². The Balaban J connectivity index is 2.10. The molecule has 0 amide bonds. The summed E-state index contributed by atoms with van der Waals surface area (Å²) in [6.07, 6.45) is 7.06. The summed E-state index contributed by atoms with van der Waals surface area (Å²) in [4.78, 5) is 0. The quantitative estimate of drug-likeness (QED) is 0.711. The van der Waals surface area contributed by atoms with Gasteiger partial charge >= 0.3 is 0 Å². The van der Waals surface area contributed by atoms with E-state index in [9.17, 15) is 0 Å². The monoisotopic (exact) mass is 200 g/mol. The Morgan fingerprint density at radius 1 is 1.33 bits per heavy atom. The maximum Gasteiger partial charge on any atom is 0.123 e. The second kappa shape index (κ2) is 3.41. The fraction of sp³-hybridized carbons (Fsp3) is 0.429. The summed E-state index contributed by atoms with van der Waals surface area (Å²) in [5, 5.41) is 0. The van der Waals surface area contributed by atoms with E-state index in [1.807, 2.05) is 0 Å². The number of hydrogen-bond acceptors (Lipinski definition) is 1. The highest BCUT2D eigenvalue weighted by Gasteiger charge is 2.23. The highest BCUT2D eigenvalue weighted by atomic mass is 16.5. The average molecular weight is 200 g/mol. The van der Waals surface area contributed by atoms with Gasteiger partial charge in [-0.05, 0) is 35.6 Å². The molecule has 0 fully saturated rings. The lowest BCUT2D eigenvalue weighted by Crippen LogP contribution is -1.91. The van der Waals surface area contributed by atoms with Crippen molar-refractivity contribution < 1.29 is 4.74 Å². The molecule has 3 rings (SSSR count). The third-order valence-corrected chi connectivity index (χ3v) is 3.37. The molecule has 0 spiro atoms. The molecule has 0 unspecified atom stereocenters. The predicted molar refractivity (Wildman–Crippen MR) is 62.2 cm³/mol. The summed E-state index contributed by atoms with van der Waals surface area (Å²) in [5.41, 5.74) is 6.04. The van der Waals surface area contributed by atoms with Gasteiger partial charge in [-0.1, -0.05) is 25.5 Å². The minimum absolute atomic E-state index is 0.866. The standard InChI is InChI=1S/C14H16O/c1-2-3-10-4-5-11-6-7-13-12(14(10)11)8-9-15-13/h4,6-7H,2-3,5,8-9H2,1H3. The van der Waals surface area contributed by atoms with Gasteiger partial charge in [-0.2, -0.15) is 0 Å². The maximum absolute atomic E-state index is 5.62. The van der Waals surface area contributed by atoms with Gasteiger partial charge in [0.15, 0.2) is 0 Å². The van der Waals surface area contributed by atoms with Gasteiger partial charge in [0.05, 0.1) is 6.61 Å². The molecule has 0 atom stereocenters.